The van der Waals surface area contributed by atoms with Gasteiger partial charge in [0.2, 0.25) is 5.54 Å². The largest absolute Gasteiger partial charge is 0.416 e. The van der Waals surface area contributed by atoms with Gasteiger partial charge in [0.05, 0.1) is 30.4 Å². The summed E-state index contributed by atoms with van der Waals surface area (Å²) < 4.78 is 45.9. The molecule has 0 bridgehead atoms. The summed E-state index contributed by atoms with van der Waals surface area (Å²) in [6, 6.07) is 13.5. The zero-order valence-corrected chi connectivity index (χ0v) is 19.2. The Bertz CT molecular complexity index is 955. The van der Waals surface area contributed by atoms with E-state index in [2.05, 4.69) is 5.32 Å². The van der Waals surface area contributed by atoms with Crippen molar-refractivity contribution in [2.45, 2.75) is 69.8 Å². The van der Waals surface area contributed by atoms with E-state index in [1.807, 2.05) is 37.3 Å². The van der Waals surface area contributed by atoms with E-state index in [-0.39, 0.29) is 18.1 Å². The van der Waals surface area contributed by atoms with E-state index in [0.717, 1.165) is 17.7 Å². The maximum atomic E-state index is 13.3. The van der Waals surface area contributed by atoms with E-state index in [1.54, 1.807) is 19.9 Å². The predicted molar refractivity (Wildman–Crippen MR) is 121 cm³/mol. The van der Waals surface area contributed by atoms with Crippen molar-refractivity contribution >= 4 is 0 Å². The summed E-state index contributed by atoms with van der Waals surface area (Å²) in [6.07, 6.45) is -2.92. The maximum Gasteiger partial charge on any atom is 0.416 e. The summed E-state index contributed by atoms with van der Waals surface area (Å²) in [6.45, 7) is 5.70. The smallest absolute Gasteiger partial charge is 0.372 e. The molecule has 1 fully saturated rings. The number of hydrogen-bond acceptors (Lipinski definition) is 4. The van der Waals surface area contributed by atoms with Crippen LogP contribution in [0.25, 0.3) is 0 Å². The molecule has 33 heavy (non-hydrogen) atoms. The Morgan fingerprint density at radius 2 is 1.88 bits per heavy atom. The first-order chi connectivity index (χ1) is 15.5. The number of halogens is 3. The minimum absolute atomic E-state index is 0.173. The van der Waals surface area contributed by atoms with Gasteiger partial charge in [-0.1, -0.05) is 48.9 Å². The molecule has 0 saturated carbocycles. The standard InChI is InChI=1S/C25H31F3N2O3/c1-4-10-23(30(31)32)11-12-24(29-16-23,21-8-6-5-7-9-21)17-33-19(3)20-13-18(2)14-22(15-20)25(26,27)28/h5-9,13-15,19,29H,4,10-12,16-17H2,1-3H3/t19-,23+,24-/m1/s1. The van der Waals surface area contributed by atoms with Crippen LogP contribution in [0.15, 0.2) is 48.5 Å². The molecule has 3 rings (SSSR count). The van der Waals surface area contributed by atoms with Crippen LogP contribution < -0.4 is 5.32 Å². The highest BCUT2D eigenvalue weighted by Crippen LogP contribution is 2.39. The summed E-state index contributed by atoms with van der Waals surface area (Å²) >= 11 is 0. The molecule has 3 atom stereocenters. The van der Waals surface area contributed by atoms with Gasteiger partial charge in [-0.15, -0.1) is 0 Å². The third-order valence-corrected chi connectivity index (χ3v) is 6.68. The first-order valence-corrected chi connectivity index (χ1v) is 11.3. The zero-order valence-electron chi connectivity index (χ0n) is 19.2. The van der Waals surface area contributed by atoms with E-state index >= 15 is 0 Å². The molecular formula is C25H31F3N2O3. The molecule has 1 heterocycles. The van der Waals surface area contributed by atoms with Crippen LogP contribution in [0.3, 0.4) is 0 Å². The monoisotopic (exact) mass is 464 g/mol. The van der Waals surface area contributed by atoms with Crippen molar-refractivity contribution in [2.24, 2.45) is 0 Å². The van der Waals surface area contributed by atoms with Gasteiger partial charge in [-0.05, 0) is 49.9 Å². The molecule has 1 N–H and O–H groups in total. The molecule has 0 aliphatic carbocycles. The highest BCUT2D eigenvalue weighted by atomic mass is 19.4. The second-order valence-corrected chi connectivity index (χ2v) is 9.12. The van der Waals surface area contributed by atoms with Crippen molar-refractivity contribution in [3.8, 4) is 0 Å². The SMILES string of the molecule is CCC[C@]1([N+](=O)[O-])CC[C@@](CO[C@H](C)c2cc(C)cc(C(F)(F)F)c2)(c2ccccc2)NC1. The lowest BCUT2D eigenvalue weighted by atomic mass is 9.75. The minimum Gasteiger partial charge on any atom is -0.372 e. The van der Waals surface area contributed by atoms with Gasteiger partial charge < -0.3 is 4.74 Å². The highest BCUT2D eigenvalue weighted by molar-refractivity contribution is 5.32. The van der Waals surface area contributed by atoms with E-state index < -0.39 is 28.9 Å². The van der Waals surface area contributed by atoms with Crippen LogP contribution in [0.5, 0.6) is 0 Å². The van der Waals surface area contributed by atoms with Crippen LogP contribution >= 0.6 is 0 Å². The number of benzene rings is 2. The number of alkyl halides is 3. The third kappa shape index (κ3) is 5.55. The Morgan fingerprint density at radius 3 is 2.42 bits per heavy atom. The van der Waals surface area contributed by atoms with Crippen LogP contribution in [0.1, 0.15) is 67.9 Å². The number of ether oxygens (including phenoxy) is 1. The Balaban J connectivity index is 1.84. The average molecular weight is 465 g/mol. The summed E-state index contributed by atoms with van der Waals surface area (Å²) in [4.78, 5) is 11.7. The van der Waals surface area contributed by atoms with Crippen LogP contribution in [-0.2, 0) is 16.5 Å². The minimum atomic E-state index is -4.43. The van der Waals surface area contributed by atoms with Crippen LogP contribution in [-0.4, -0.2) is 23.6 Å². The summed E-state index contributed by atoms with van der Waals surface area (Å²) in [7, 11) is 0. The molecule has 180 valence electrons. The quantitative estimate of drug-likeness (QED) is 0.374. The lowest BCUT2D eigenvalue weighted by Crippen LogP contribution is -2.60. The van der Waals surface area contributed by atoms with Gasteiger partial charge in [-0.2, -0.15) is 13.2 Å². The summed E-state index contributed by atoms with van der Waals surface area (Å²) in [5.74, 6) is 0. The first kappa shape index (κ1) is 25.2. The number of aryl methyl sites for hydroxylation is 1. The topological polar surface area (TPSA) is 64.4 Å². The molecule has 2 aromatic rings. The molecule has 0 radical (unpaired) electrons. The fraction of sp³-hybridized carbons (Fsp3) is 0.520. The molecule has 5 nitrogen and oxygen atoms in total. The van der Waals surface area contributed by atoms with Gasteiger partial charge in [0.1, 0.15) is 0 Å². The van der Waals surface area contributed by atoms with Crippen molar-refractivity contribution < 1.29 is 22.8 Å². The Kier molecular flexibility index (Phi) is 7.49. The number of hydrogen-bond donors (Lipinski definition) is 1. The molecule has 1 aliphatic rings. The molecule has 0 aromatic heterocycles. The van der Waals surface area contributed by atoms with Crippen LogP contribution in [0.2, 0.25) is 0 Å². The van der Waals surface area contributed by atoms with Gasteiger partial charge in [0.25, 0.3) is 0 Å². The van der Waals surface area contributed by atoms with E-state index in [1.165, 1.54) is 0 Å². The lowest BCUT2D eigenvalue weighted by molar-refractivity contribution is -0.573. The number of nitrogens with zero attached hydrogens (tertiary/aromatic N) is 1. The predicted octanol–water partition coefficient (Wildman–Crippen LogP) is 6.19. The number of piperidine rings is 1. The normalized spacial score (nSPS) is 24.4. The Hall–Kier alpha value is -2.45. The van der Waals surface area contributed by atoms with Gasteiger partial charge in [0, 0.05) is 17.8 Å². The lowest BCUT2D eigenvalue weighted by Gasteiger charge is -2.44. The van der Waals surface area contributed by atoms with Gasteiger partial charge in [-0.3, -0.25) is 15.4 Å². The van der Waals surface area contributed by atoms with E-state index in [9.17, 15) is 23.3 Å². The second kappa shape index (κ2) is 9.81. The fourth-order valence-electron chi connectivity index (χ4n) is 4.67. The number of rotatable bonds is 8. The van der Waals surface area contributed by atoms with Crippen molar-refractivity contribution in [1.29, 1.82) is 0 Å². The second-order valence-electron chi connectivity index (χ2n) is 9.12. The Labute approximate surface area is 192 Å². The highest BCUT2D eigenvalue weighted by Gasteiger charge is 2.50. The average Bonchev–Trinajstić information content (AvgIpc) is 2.78. The molecule has 1 aliphatic heterocycles. The molecule has 8 heteroatoms. The molecule has 0 spiro atoms. The fourth-order valence-corrected chi connectivity index (χ4v) is 4.67. The van der Waals surface area contributed by atoms with Crippen molar-refractivity contribution in [3.05, 3.63) is 80.9 Å². The van der Waals surface area contributed by atoms with Crippen molar-refractivity contribution in [2.75, 3.05) is 13.2 Å². The maximum absolute atomic E-state index is 13.3. The van der Waals surface area contributed by atoms with Crippen molar-refractivity contribution in [3.63, 3.8) is 0 Å². The molecule has 0 amide bonds. The molecule has 1 saturated heterocycles. The summed E-state index contributed by atoms with van der Waals surface area (Å²) in [5, 5.41) is 15.3. The van der Waals surface area contributed by atoms with Gasteiger partial charge in [-0.25, -0.2) is 0 Å². The van der Waals surface area contributed by atoms with Crippen LogP contribution in [0.4, 0.5) is 13.2 Å². The van der Waals surface area contributed by atoms with E-state index in [0.29, 0.717) is 36.8 Å². The first-order valence-electron chi connectivity index (χ1n) is 11.3. The number of nitro groups is 1. The summed E-state index contributed by atoms with van der Waals surface area (Å²) in [5.41, 5.74) is -0.454. The zero-order chi connectivity index (χ0) is 24.3. The third-order valence-electron chi connectivity index (χ3n) is 6.68. The van der Waals surface area contributed by atoms with Gasteiger partial charge in [0.15, 0.2) is 0 Å². The Morgan fingerprint density at radius 1 is 1.18 bits per heavy atom. The number of nitrogens with one attached hydrogen (secondary N) is 1. The molecule has 2 aromatic carbocycles. The molecular weight excluding hydrogens is 433 g/mol. The van der Waals surface area contributed by atoms with Gasteiger partial charge >= 0.3 is 6.18 Å². The van der Waals surface area contributed by atoms with E-state index in [4.69, 9.17) is 4.74 Å². The van der Waals surface area contributed by atoms with Crippen molar-refractivity contribution in [1.82, 2.24) is 5.32 Å². The molecule has 0 unspecified atom stereocenters. The van der Waals surface area contributed by atoms with Crippen LogP contribution in [0, 0.1) is 17.0 Å².